The van der Waals surface area contributed by atoms with Gasteiger partial charge in [0, 0.05) is 12.1 Å². The third-order valence-corrected chi connectivity index (χ3v) is 8.62. The normalized spacial score (nSPS) is 22.9. The Morgan fingerprint density at radius 3 is 2.40 bits per heavy atom. The van der Waals surface area contributed by atoms with E-state index in [9.17, 15) is 21.6 Å². The molecule has 138 valence electrons. The molecule has 2 aliphatic rings. The van der Waals surface area contributed by atoms with Gasteiger partial charge < -0.3 is 4.74 Å². The maximum absolute atomic E-state index is 13.1. The summed E-state index contributed by atoms with van der Waals surface area (Å²) in [5.74, 6) is -0.793. The highest BCUT2D eigenvalue weighted by atomic mass is 35.5. The molecule has 1 aliphatic carbocycles. The minimum atomic E-state index is -3.97. The Balaban J connectivity index is 1.98. The summed E-state index contributed by atoms with van der Waals surface area (Å²) in [6.07, 6.45) is 1.69. The van der Waals surface area contributed by atoms with E-state index in [1.54, 1.807) is 0 Å². The molecule has 0 radical (unpaired) electrons. The SMILES string of the molecule is COC(=O)c1ccc(S(=O)(=O)N(C2CC2)C2CCS(=O)(=O)C2)c(Cl)c1. The van der Waals surface area contributed by atoms with Gasteiger partial charge in [0.05, 0.1) is 29.2 Å². The molecule has 0 bridgehead atoms. The van der Waals surface area contributed by atoms with Crippen LogP contribution in [0.5, 0.6) is 0 Å². The van der Waals surface area contributed by atoms with E-state index in [1.165, 1.54) is 29.6 Å². The molecule has 2 fully saturated rings. The number of ether oxygens (including phenoxy) is 1. The van der Waals surface area contributed by atoms with Crippen molar-refractivity contribution in [1.29, 1.82) is 0 Å². The van der Waals surface area contributed by atoms with Gasteiger partial charge in [-0.3, -0.25) is 0 Å². The van der Waals surface area contributed by atoms with E-state index in [1.807, 2.05) is 0 Å². The van der Waals surface area contributed by atoms with Gasteiger partial charge in [-0.1, -0.05) is 11.6 Å². The van der Waals surface area contributed by atoms with Gasteiger partial charge in [0.2, 0.25) is 10.0 Å². The number of sulfonamides is 1. The van der Waals surface area contributed by atoms with Crippen LogP contribution in [0.3, 0.4) is 0 Å². The minimum absolute atomic E-state index is 0.00851. The highest BCUT2D eigenvalue weighted by Gasteiger charge is 2.46. The molecule has 0 spiro atoms. The first kappa shape index (κ1) is 18.6. The van der Waals surface area contributed by atoms with Crippen LogP contribution in [0.15, 0.2) is 23.1 Å². The number of esters is 1. The lowest BCUT2D eigenvalue weighted by molar-refractivity contribution is 0.0600. The number of carbonyl (C=O) groups excluding carboxylic acids is 1. The number of hydrogen-bond acceptors (Lipinski definition) is 6. The first-order valence-corrected chi connectivity index (χ1v) is 11.4. The van der Waals surface area contributed by atoms with E-state index in [0.29, 0.717) is 12.8 Å². The molecule has 1 unspecified atom stereocenters. The van der Waals surface area contributed by atoms with Gasteiger partial charge in [0.25, 0.3) is 0 Å². The van der Waals surface area contributed by atoms with Crippen molar-refractivity contribution >= 4 is 37.4 Å². The molecule has 1 saturated heterocycles. The molecule has 0 aromatic heterocycles. The second-order valence-electron chi connectivity index (χ2n) is 6.26. The van der Waals surface area contributed by atoms with Gasteiger partial charge in [-0.05, 0) is 37.5 Å². The summed E-state index contributed by atoms with van der Waals surface area (Å²) in [5.41, 5.74) is 0.146. The van der Waals surface area contributed by atoms with E-state index < -0.39 is 31.9 Å². The van der Waals surface area contributed by atoms with Gasteiger partial charge in [-0.25, -0.2) is 21.6 Å². The molecule has 1 aromatic carbocycles. The summed E-state index contributed by atoms with van der Waals surface area (Å²) in [6.45, 7) is 0. The van der Waals surface area contributed by atoms with Crippen molar-refractivity contribution in [3.8, 4) is 0 Å². The molecule has 7 nitrogen and oxygen atoms in total. The van der Waals surface area contributed by atoms with Crippen LogP contribution in [0.2, 0.25) is 5.02 Å². The van der Waals surface area contributed by atoms with Crippen molar-refractivity contribution in [2.45, 2.75) is 36.2 Å². The van der Waals surface area contributed by atoms with Crippen molar-refractivity contribution in [2.75, 3.05) is 18.6 Å². The Kier molecular flexibility index (Phi) is 4.87. The summed E-state index contributed by atoms with van der Waals surface area (Å²) in [7, 11) is -5.97. The topological polar surface area (TPSA) is 97.8 Å². The molecule has 1 heterocycles. The third-order valence-electron chi connectivity index (χ3n) is 4.38. The molecule has 0 N–H and O–H groups in total. The summed E-state index contributed by atoms with van der Waals surface area (Å²) in [4.78, 5) is 11.4. The zero-order valence-electron chi connectivity index (χ0n) is 13.5. The number of halogens is 1. The Bertz CT molecular complexity index is 908. The number of nitrogens with zero attached hydrogens (tertiary/aromatic N) is 1. The first-order chi connectivity index (χ1) is 11.7. The average molecular weight is 408 g/mol. The van der Waals surface area contributed by atoms with Crippen LogP contribution in [-0.2, 0) is 24.6 Å². The van der Waals surface area contributed by atoms with Gasteiger partial charge in [-0.2, -0.15) is 4.31 Å². The molecule has 3 rings (SSSR count). The van der Waals surface area contributed by atoms with Crippen molar-refractivity contribution in [3.05, 3.63) is 28.8 Å². The highest BCUT2D eigenvalue weighted by Crippen LogP contribution is 2.38. The second kappa shape index (κ2) is 6.53. The second-order valence-corrected chi connectivity index (χ2v) is 10.7. The van der Waals surface area contributed by atoms with Crippen molar-refractivity contribution in [3.63, 3.8) is 0 Å². The molecule has 1 aromatic rings. The summed E-state index contributed by atoms with van der Waals surface area (Å²) in [6, 6.07) is 3.08. The van der Waals surface area contributed by atoms with Crippen LogP contribution in [0, 0.1) is 0 Å². The number of sulfone groups is 1. The predicted molar refractivity (Wildman–Crippen MR) is 91.9 cm³/mol. The number of hydrogen-bond donors (Lipinski definition) is 0. The van der Waals surface area contributed by atoms with Crippen LogP contribution in [-0.4, -0.2) is 57.8 Å². The zero-order valence-corrected chi connectivity index (χ0v) is 15.9. The molecular formula is C15H18ClNO6S2. The lowest BCUT2D eigenvalue weighted by Gasteiger charge is -2.27. The monoisotopic (exact) mass is 407 g/mol. The largest absolute Gasteiger partial charge is 0.465 e. The lowest BCUT2D eigenvalue weighted by Crippen LogP contribution is -2.42. The van der Waals surface area contributed by atoms with Crippen molar-refractivity contribution < 1.29 is 26.4 Å². The fraction of sp³-hybridized carbons (Fsp3) is 0.533. The van der Waals surface area contributed by atoms with E-state index in [-0.39, 0.29) is 39.4 Å². The lowest BCUT2D eigenvalue weighted by atomic mass is 10.2. The van der Waals surface area contributed by atoms with Crippen molar-refractivity contribution in [2.24, 2.45) is 0 Å². The average Bonchev–Trinajstić information content (AvgIpc) is 3.29. The van der Waals surface area contributed by atoms with Gasteiger partial charge in [0.1, 0.15) is 4.90 Å². The van der Waals surface area contributed by atoms with Crippen LogP contribution < -0.4 is 0 Å². The van der Waals surface area contributed by atoms with Gasteiger partial charge in [-0.15, -0.1) is 0 Å². The Labute approximate surface area is 151 Å². The fourth-order valence-corrected chi connectivity index (χ4v) is 7.29. The zero-order chi connectivity index (χ0) is 18.4. The van der Waals surface area contributed by atoms with E-state index in [2.05, 4.69) is 4.74 Å². The van der Waals surface area contributed by atoms with E-state index in [4.69, 9.17) is 11.6 Å². The molecule has 10 heteroatoms. The summed E-state index contributed by atoms with van der Waals surface area (Å²) < 4.78 is 55.7. The minimum Gasteiger partial charge on any atom is -0.465 e. The standard InChI is InChI=1S/C15H18ClNO6S2/c1-23-15(18)10-2-5-14(13(16)8-10)25(21,22)17(11-3-4-11)12-6-7-24(19,20)9-12/h2,5,8,11-12H,3-4,6-7,9H2,1H3. The Morgan fingerprint density at radius 2 is 1.92 bits per heavy atom. The van der Waals surface area contributed by atoms with Gasteiger partial charge in [0.15, 0.2) is 9.84 Å². The maximum Gasteiger partial charge on any atom is 0.337 e. The van der Waals surface area contributed by atoms with Crippen LogP contribution in [0.1, 0.15) is 29.6 Å². The predicted octanol–water partition coefficient (Wildman–Crippen LogP) is 1.47. The van der Waals surface area contributed by atoms with Crippen LogP contribution in [0.25, 0.3) is 0 Å². The maximum atomic E-state index is 13.1. The van der Waals surface area contributed by atoms with Gasteiger partial charge >= 0.3 is 5.97 Å². The number of benzene rings is 1. The first-order valence-electron chi connectivity index (χ1n) is 7.77. The number of methoxy groups -OCH3 is 1. The van der Waals surface area contributed by atoms with E-state index >= 15 is 0 Å². The molecule has 1 saturated carbocycles. The fourth-order valence-electron chi connectivity index (χ4n) is 3.06. The molecule has 0 amide bonds. The molecule has 1 aliphatic heterocycles. The van der Waals surface area contributed by atoms with Crippen LogP contribution in [0.4, 0.5) is 0 Å². The smallest absolute Gasteiger partial charge is 0.337 e. The number of carbonyl (C=O) groups is 1. The molecule has 25 heavy (non-hydrogen) atoms. The Morgan fingerprint density at radius 1 is 1.24 bits per heavy atom. The molecular weight excluding hydrogens is 390 g/mol. The van der Waals surface area contributed by atoms with Crippen molar-refractivity contribution in [1.82, 2.24) is 4.31 Å². The Hall–Kier alpha value is -1.16. The summed E-state index contributed by atoms with van der Waals surface area (Å²) in [5, 5.41) is -0.0885. The summed E-state index contributed by atoms with van der Waals surface area (Å²) >= 11 is 6.11. The quantitative estimate of drug-likeness (QED) is 0.685. The number of rotatable bonds is 5. The van der Waals surface area contributed by atoms with Crippen LogP contribution >= 0.6 is 11.6 Å². The molecule has 1 atom stereocenters. The van der Waals surface area contributed by atoms with E-state index in [0.717, 1.165) is 0 Å². The third kappa shape index (κ3) is 3.69. The highest BCUT2D eigenvalue weighted by molar-refractivity contribution is 7.92.